The maximum atomic E-state index is 13.6. The van der Waals surface area contributed by atoms with Gasteiger partial charge in [-0.1, -0.05) is 50.2 Å². The second-order valence-corrected chi connectivity index (χ2v) is 10.1. The zero-order chi connectivity index (χ0) is 20.6. The molecule has 5 aliphatic rings. The van der Waals surface area contributed by atoms with Crippen molar-refractivity contribution in [1.82, 2.24) is 4.90 Å². The number of hydrogen-bond donors (Lipinski definition) is 1. The van der Waals surface area contributed by atoms with Crippen LogP contribution in [0.2, 0.25) is 0 Å². The van der Waals surface area contributed by atoms with Crippen LogP contribution >= 0.6 is 0 Å². The van der Waals surface area contributed by atoms with Gasteiger partial charge in [0, 0.05) is 29.3 Å². The number of carbonyl (C=O) groups is 1. The summed E-state index contributed by atoms with van der Waals surface area (Å²) in [5.41, 5.74) is 9.57. The number of fused-ring (bicyclic) bond motifs is 3. The van der Waals surface area contributed by atoms with Crippen LogP contribution in [0.1, 0.15) is 36.6 Å². The fraction of sp³-hybridized carbons (Fsp3) is 0.480. The molecule has 0 bridgehead atoms. The first-order chi connectivity index (χ1) is 14.4. The molecule has 4 unspecified atom stereocenters. The molecule has 30 heavy (non-hydrogen) atoms. The summed E-state index contributed by atoms with van der Waals surface area (Å²) in [6, 6.07) is 14.4. The van der Waals surface area contributed by atoms with Gasteiger partial charge in [0.05, 0.1) is 6.04 Å². The standard InChI is InChI=1S/C25H25FN2O2/c1-13-20-23-21(14(2)24(13,23)27)25(20,23)30-22(29)28-12-11-15-5-3-4-6-18(15)19(28)16-7-9-17(26)10-8-16/h3-10,13-14,19-21H,11-12,27H2,1-2H3/t13?,14?,19-,20?,21?,23?,24?,25?/m0/s1. The van der Waals surface area contributed by atoms with Gasteiger partial charge in [-0.3, -0.25) is 4.90 Å². The number of hydrogen-bond acceptors (Lipinski definition) is 3. The van der Waals surface area contributed by atoms with Gasteiger partial charge in [0.2, 0.25) is 0 Å². The first kappa shape index (κ1) is 17.3. The summed E-state index contributed by atoms with van der Waals surface area (Å²) in [6.45, 7) is 5.01. The van der Waals surface area contributed by atoms with Crippen LogP contribution in [-0.2, 0) is 11.2 Å². The molecule has 5 atom stereocenters. The minimum Gasteiger partial charge on any atom is -0.441 e. The summed E-state index contributed by atoms with van der Waals surface area (Å²) in [5.74, 6) is 1.45. The van der Waals surface area contributed by atoms with Gasteiger partial charge < -0.3 is 10.5 Å². The van der Waals surface area contributed by atoms with Crippen LogP contribution in [0.25, 0.3) is 0 Å². The Morgan fingerprint density at radius 3 is 2.43 bits per heavy atom. The number of amides is 1. The monoisotopic (exact) mass is 404 g/mol. The summed E-state index contributed by atoms with van der Waals surface area (Å²) >= 11 is 0. The Balaban J connectivity index is 1.23. The molecule has 154 valence electrons. The van der Waals surface area contributed by atoms with Gasteiger partial charge in [0.25, 0.3) is 0 Å². The Morgan fingerprint density at radius 2 is 1.77 bits per heavy atom. The number of benzene rings is 2. The van der Waals surface area contributed by atoms with Crippen LogP contribution in [0.15, 0.2) is 48.5 Å². The van der Waals surface area contributed by atoms with Crippen molar-refractivity contribution < 1.29 is 13.9 Å². The Morgan fingerprint density at radius 1 is 1.10 bits per heavy atom. The molecule has 4 nitrogen and oxygen atoms in total. The molecule has 4 fully saturated rings. The van der Waals surface area contributed by atoms with Crippen LogP contribution < -0.4 is 5.73 Å². The Bertz CT molecular complexity index is 1090. The zero-order valence-corrected chi connectivity index (χ0v) is 17.1. The maximum absolute atomic E-state index is 13.6. The van der Waals surface area contributed by atoms with E-state index in [1.54, 1.807) is 12.1 Å². The van der Waals surface area contributed by atoms with Crippen molar-refractivity contribution in [2.24, 2.45) is 34.8 Å². The topological polar surface area (TPSA) is 55.6 Å². The van der Waals surface area contributed by atoms with E-state index in [-0.39, 0.29) is 34.5 Å². The number of ether oxygens (including phenoxy) is 1. The Kier molecular flexibility index (Phi) is 2.83. The average Bonchev–Trinajstić information content (AvgIpc) is 3.55. The fourth-order valence-electron chi connectivity index (χ4n) is 8.45. The third kappa shape index (κ3) is 1.47. The number of halogens is 1. The van der Waals surface area contributed by atoms with Gasteiger partial charge in [0.1, 0.15) is 11.4 Å². The minimum atomic E-state index is -0.317. The van der Waals surface area contributed by atoms with Crippen LogP contribution in [0.5, 0.6) is 0 Å². The molecule has 7 rings (SSSR count). The highest BCUT2D eigenvalue weighted by molar-refractivity contribution is 5.77. The van der Waals surface area contributed by atoms with Gasteiger partial charge in [-0.15, -0.1) is 0 Å². The van der Waals surface area contributed by atoms with E-state index in [0.29, 0.717) is 30.2 Å². The smallest absolute Gasteiger partial charge is 0.411 e. The summed E-state index contributed by atoms with van der Waals surface area (Å²) in [6.07, 6.45) is 0.542. The lowest BCUT2D eigenvalue weighted by molar-refractivity contribution is -0.154. The van der Waals surface area contributed by atoms with Crippen molar-refractivity contribution in [2.45, 2.75) is 37.5 Å². The van der Waals surface area contributed by atoms with E-state index >= 15 is 0 Å². The lowest BCUT2D eigenvalue weighted by Gasteiger charge is -2.65. The number of nitrogens with zero attached hydrogens (tertiary/aromatic N) is 1. The van der Waals surface area contributed by atoms with Crippen LogP contribution in [0.4, 0.5) is 9.18 Å². The van der Waals surface area contributed by atoms with E-state index in [1.807, 2.05) is 17.0 Å². The first-order valence-electron chi connectivity index (χ1n) is 11.0. The highest BCUT2D eigenvalue weighted by atomic mass is 19.1. The van der Waals surface area contributed by atoms with Crippen molar-refractivity contribution in [3.8, 4) is 0 Å². The van der Waals surface area contributed by atoms with Crippen LogP contribution in [-0.4, -0.2) is 28.7 Å². The van der Waals surface area contributed by atoms with E-state index in [1.165, 1.54) is 17.7 Å². The summed E-state index contributed by atoms with van der Waals surface area (Å²) < 4.78 is 19.9. The molecule has 4 aliphatic carbocycles. The third-order valence-corrected chi connectivity index (χ3v) is 9.57. The highest BCUT2D eigenvalue weighted by Crippen LogP contribution is 3.10. The van der Waals surface area contributed by atoms with Crippen molar-refractivity contribution in [1.29, 1.82) is 0 Å². The summed E-state index contributed by atoms with van der Waals surface area (Å²) in [7, 11) is 0. The molecule has 0 aromatic heterocycles. The van der Waals surface area contributed by atoms with E-state index in [4.69, 9.17) is 10.5 Å². The molecule has 1 aliphatic heterocycles. The van der Waals surface area contributed by atoms with Crippen molar-refractivity contribution >= 4 is 6.09 Å². The van der Waals surface area contributed by atoms with Gasteiger partial charge >= 0.3 is 6.09 Å². The molecule has 2 aromatic rings. The van der Waals surface area contributed by atoms with Gasteiger partial charge in [-0.25, -0.2) is 9.18 Å². The van der Waals surface area contributed by atoms with E-state index in [9.17, 15) is 9.18 Å². The SMILES string of the molecule is CC1C2C3(OC(=O)N4CCc5ccccc5[C@@H]4c4ccc(F)cc4)C4C(C)C1(N)C243. The Hall–Kier alpha value is -2.40. The minimum absolute atomic E-state index is 0.0769. The molecule has 5 heteroatoms. The predicted octanol–water partition coefficient (Wildman–Crippen LogP) is 3.89. The molecule has 1 spiro atoms. The molecular formula is C25H25FN2O2. The van der Waals surface area contributed by atoms with Crippen molar-refractivity contribution in [3.05, 3.63) is 71.0 Å². The van der Waals surface area contributed by atoms with E-state index < -0.39 is 0 Å². The molecule has 2 aromatic carbocycles. The third-order valence-electron chi connectivity index (χ3n) is 9.57. The van der Waals surface area contributed by atoms with E-state index in [0.717, 1.165) is 17.5 Å². The number of nitrogens with two attached hydrogens (primary N) is 1. The van der Waals surface area contributed by atoms with Crippen LogP contribution in [0, 0.1) is 34.9 Å². The lowest BCUT2D eigenvalue weighted by atomic mass is 9.41. The fourth-order valence-corrected chi connectivity index (χ4v) is 8.45. The molecule has 1 amide bonds. The number of carbonyl (C=O) groups excluding carboxylic acids is 1. The molecule has 2 N–H and O–H groups in total. The maximum Gasteiger partial charge on any atom is 0.411 e. The molecule has 0 saturated heterocycles. The second-order valence-electron chi connectivity index (χ2n) is 10.1. The first-order valence-corrected chi connectivity index (χ1v) is 11.0. The normalized spacial score (nSPS) is 45.9. The van der Waals surface area contributed by atoms with Crippen LogP contribution in [0.3, 0.4) is 0 Å². The molecular weight excluding hydrogens is 379 g/mol. The summed E-state index contributed by atoms with van der Waals surface area (Å²) in [4.78, 5) is 15.4. The van der Waals surface area contributed by atoms with Crippen molar-refractivity contribution in [3.63, 3.8) is 0 Å². The number of rotatable bonds is 2. The average molecular weight is 404 g/mol. The quantitative estimate of drug-likeness (QED) is 0.826. The zero-order valence-electron chi connectivity index (χ0n) is 17.1. The molecule has 0 radical (unpaired) electrons. The Labute approximate surface area is 175 Å². The lowest BCUT2D eigenvalue weighted by Crippen LogP contribution is -2.76. The highest BCUT2D eigenvalue weighted by Gasteiger charge is 3.20. The van der Waals surface area contributed by atoms with Gasteiger partial charge in [0.15, 0.2) is 0 Å². The predicted molar refractivity (Wildman–Crippen MR) is 109 cm³/mol. The molecule has 4 saturated carbocycles. The van der Waals surface area contributed by atoms with Gasteiger partial charge in [-0.05, 0) is 47.1 Å². The molecule has 1 heterocycles. The largest absolute Gasteiger partial charge is 0.441 e. The summed E-state index contributed by atoms with van der Waals surface area (Å²) in [5, 5.41) is 0. The second kappa shape index (κ2) is 4.91. The van der Waals surface area contributed by atoms with Gasteiger partial charge in [-0.2, -0.15) is 0 Å². The van der Waals surface area contributed by atoms with E-state index in [2.05, 4.69) is 26.0 Å². The van der Waals surface area contributed by atoms with Crippen molar-refractivity contribution in [2.75, 3.05) is 6.54 Å².